The van der Waals surface area contributed by atoms with Crippen LogP contribution in [0.2, 0.25) is 0 Å². The van der Waals surface area contributed by atoms with E-state index in [1.165, 1.54) is 88.3 Å². The van der Waals surface area contributed by atoms with E-state index in [-0.39, 0.29) is 0 Å². The van der Waals surface area contributed by atoms with Crippen molar-refractivity contribution in [1.29, 1.82) is 0 Å². The third kappa shape index (κ3) is 8.67. The third-order valence-electron chi connectivity index (χ3n) is 14.7. The fourth-order valence-electron chi connectivity index (χ4n) is 11.1. The summed E-state index contributed by atoms with van der Waals surface area (Å²) in [5.74, 6) is 0. The molecule has 1 nitrogen and oxygen atoms in total. The third-order valence-corrected chi connectivity index (χ3v) is 14.7. The van der Waals surface area contributed by atoms with Crippen LogP contribution in [0.4, 0.5) is 17.1 Å². The molecule has 0 aliphatic carbocycles. The number of benzene rings is 13. The van der Waals surface area contributed by atoms with Gasteiger partial charge >= 0.3 is 0 Å². The van der Waals surface area contributed by atoms with Gasteiger partial charge in [-0.1, -0.05) is 267 Å². The molecule has 0 fully saturated rings. The second kappa shape index (κ2) is 20.0. The quantitative estimate of drug-likeness (QED) is 0.117. The Morgan fingerprint density at radius 1 is 0.187 bits per heavy atom. The molecule has 0 amide bonds. The SMILES string of the molecule is c1ccc(-c2ccc(-c3ccc(N(c4ccc(-c5cccc6c(-c7ccccc7)c(-c7ccccc7)c7ccccc7c56)cc4)c4ccc(-c5ccccc5)cc4-c4ccccc4)cc3)c(-c3ccccc3)c2)cc1. The number of hydrogen-bond donors (Lipinski definition) is 0. The highest BCUT2D eigenvalue weighted by atomic mass is 15.1. The summed E-state index contributed by atoms with van der Waals surface area (Å²) in [7, 11) is 0. The van der Waals surface area contributed by atoms with Gasteiger partial charge in [0, 0.05) is 16.9 Å². The molecule has 13 aromatic carbocycles. The zero-order valence-corrected chi connectivity index (χ0v) is 41.4. The zero-order chi connectivity index (χ0) is 49.9. The molecule has 0 unspecified atom stereocenters. The van der Waals surface area contributed by atoms with E-state index < -0.39 is 0 Å². The molecule has 0 spiro atoms. The minimum Gasteiger partial charge on any atom is -0.310 e. The van der Waals surface area contributed by atoms with Gasteiger partial charge in [-0.15, -0.1) is 0 Å². The van der Waals surface area contributed by atoms with Crippen molar-refractivity contribution < 1.29 is 0 Å². The molecule has 13 rings (SSSR count). The Bertz CT molecular complexity index is 4100. The Morgan fingerprint density at radius 2 is 0.547 bits per heavy atom. The number of nitrogens with zero attached hydrogens (tertiary/aromatic N) is 1. The van der Waals surface area contributed by atoms with Crippen molar-refractivity contribution in [3.8, 4) is 89.0 Å². The van der Waals surface area contributed by atoms with E-state index in [0.29, 0.717) is 0 Å². The van der Waals surface area contributed by atoms with E-state index in [1.807, 2.05) is 0 Å². The first-order valence-electron chi connectivity index (χ1n) is 25.8. The summed E-state index contributed by atoms with van der Waals surface area (Å²) in [5, 5.41) is 4.97. The maximum absolute atomic E-state index is 2.43. The van der Waals surface area contributed by atoms with Crippen LogP contribution in [0.25, 0.3) is 111 Å². The zero-order valence-electron chi connectivity index (χ0n) is 41.4. The predicted octanol–water partition coefficient (Wildman–Crippen LogP) is 20.8. The molecule has 0 saturated heterocycles. The summed E-state index contributed by atoms with van der Waals surface area (Å²) < 4.78 is 0. The van der Waals surface area contributed by atoms with Gasteiger partial charge in [-0.25, -0.2) is 0 Å². The molecule has 0 atom stereocenters. The van der Waals surface area contributed by atoms with Crippen molar-refractivity contribution in [2.75, 3.05) is 4.90 Å². The highest BCUT2D eigenvalue weighted by Crippen LogP contribution is 2.49. The van der Waals surface area contributed by atoms with Crippen LogP contribution in [0.15, 0.2) is 309 Å². The van der Waals surface area contributed by atoms with Crippen LogP contribution in [-0.4, -0.2) is 0 Å². The number of rotatable bonds is 11. The Morgan fingerprint density at radius 3 is 1.07 bits per heavy atom. The molecule has 1 heteroatoms. The summed E-state index contributed by atoms with van der Waals surface area (Å²) in [5.41, 5.74) is 22.3. The van der Waals surface area contributed by atoms with Gasteiger partial charge in [-0.3, -0.25) is 0 Å². The molecule has 75 heavy (non-hydrogen) atoms. The first kappa shape index (κ1) is 45.1. The van der Waals surface area contributed by atoms with E-state index in [4.69, 9.17) is 0 Å². The van der Waals surface area contributed by atoms with Gasteiger partial charge in [-0.2, -0.15) is 0 Å². The van der Waals surface area contributed by atoms with Crippen molar-refractivity contribution >= 4 is 38.6 Å². The van der Waals surface area contributed by atoms with Crippen LogP contribution in [0.5, 0.6) is 0 Å². The Balaban J connectivity index is 0.980. The topological polar surface area (TPSA) is 3.24 Å². The van der Waals surface area contributed by atoms with E-state index >= 15 is 0 Å². The molecule has 0 bridgehead atoms. The maximum atomic E-state index is 2.43. The van der Waals surface area contributed by atoms with Gasteiger partial charge in [0.2, 0.25) is 0 Å². The summed E-state index contributed by atoms with van der Waals surface area (Å²) in [6, 6.07) is 113. The molecule has 0 aliphatic rings. The largest absolute Gasteiger partial charge is 0.310 e. The lowest BCUT2D eigenvalue weighted by Gasteiger charge is -2.29. The number of hydrogen-bond acceptors (Lipinski definition) is 1. The fraction of sp³-hybridized carbons (Fsp3) is 0. The van der Waals surface area contributed by atoms with Crippen LogP contribution in [0.1, 0.15) is 0 Å². The van der Waals surface area contributed by atoms with Gasteiger partial charge in [0.25, 0.3) is 0 Å². The van der Waals surface area contributed by atoms with Gasteiger partial charge in [0.05, 0.1) is 5.69 Å². The summed E-state index contributed by atoms with van der Waals surface area (Å²) in [6.45, 7) is 0. The van der Waals surface area contributed by atoms with Crippen molar-refractivity contribution in [1.82, 2.24) is 0 Å². The fourth-order valence-corrected chi connectivity index (χ4v) is 11.1. The van der Waals surface area contributed by atoms with Crippen molar-refractivity contribution in [2.45, 2.75) is 0 Å². The molecule has 0 aliphatic heterocycles. The molecule has 0 saturated carbocycles. The van der Waals surface area contributed by atoms with Gasteiger partial charge in [-0.05, 0) is 147 Å². The highest BCUT2D eigenvalue weighted by Gasteiger charge is 2.22. The maximum Gasteiger partial charge on any atom is 0.0540 e. The molecule has 13 aromatic rings. The molecule has 0 N–H and O–H groups in total. The van der Waals surface area contributed by atoms with Crippen molar-refractivity contribution in [3.63, 3.8) is 0 Å². The predicted molar refractivity (Wildman–Crippen MR) is 320 cm³/mol. The Hall–Kier alpha value is -9.82. The average molecular weight is 954 g/mol. The molecule has 0 aromatic heterocycles. The van der Waals surface area contributed by atoms with Crippen molar-refractivity contribution in [2.24, 2.45) is 0 Å². The van der Waals surface area contributed by atoms with Gasteiger partial charge < -0.3 is 4.90 Å². The lowest BCUT2D eigenvalue weighted by molar-refractivity contribution is 1.28. The van der Waals surface area contributed by atoms with Crippen LogP contribution in [0, 0.1) is 0 Å². The lowest BCUT2D eigenvalue weighted by Crippen LogP contribution is -2.11. The van der Waals surface area contributed by atoms with Crippen LogP contribution < -0.4 is 4.90 Å². The second-order valence-electron chi connectivity index (χ2n) is 19.1. The average Bonchev–Trinajstić information content (AvgIpc) is 3.50. The van der Waals surface area contributed by atoms with Crippen LogP contribution in [0.3, 0.4) is 0 Å². The summed E-state index contributed by atoms with van der Waals surface area (Å²) in [4.78, 5) is 2.43. The first-order valence-corrected chi connectivity index (χ1v) is 25.8. The minimum atomic E-state index is 1.06. The van der Waals surface area contributed by atoms with E-state index in [0.717, 1.165) is 39.3 Å². The monoisotopic (exact) mass is 953 g/mol. The highest BCUT2D eigenvalue weighted by molar-refractivity contribution is 6.25. The molecule has 0 radical (unpaired) electrons. The first-order chi connectivity index (χ1) is 37.2. The molecule has 0 heterocycles. The van der Waals surface area contributed by atoms with Gasteiger partial charge in [0.1, 0.15) is 0 Å². The van der Waals surface area contributed by atoms with Crippen LogP contribution in [-0.2, 0) is 0 Å². The summed E-state index contributed by atoms with van der Waals surface area (Å²) in [6.07, 6.45) is 0. The lowest BCUT2D eigenvalue weighted by atomic mass is 9.83. The second-order valence-corrected chi connectivity index (χ2v) is 19.1. The Kier molecular flexibility index (Phi) is 12.0. The van der Waals surface area contributed by atoms with E-state index in [2.05, 4.69) is 314 Å². The standard InChI is InChI=1S/C74H51N/c1-7-22-52(23-8-1)60-42-48-64(69(50-60)54-26-11-3-12-27-54)56-38-44-62(45-39-56)75(71-49-43-61(53-24-9-2-10-25-53)51-70(71)55-28-13-4-14-29-55)63-46-40-57(41-47-63)65-36-21-37-68-73(59-32-17-6-18-33-59)72(58-30-15-5-16-31-58)66-34-19-20-35-67(66)74(65)68/h1-51H. The van der Waals surface area contributed by atoms with Crippen molar-refractivity contribution in [3.05, 3.63) is 309 Å². The number of fused-ring (bicyclic) bond motifs is 3. The Labute approximate surface area is 439 Å². The normalized spacial score (nSPS) is 11.2. The van der Waals surface area contributed by atoms with E-state index in [9.17, 15) is 0 Å². The van der Waals surface area contributed by atoms with Gasteiger partial charge in [0.15, 0.2) is 0 Å². The number of anilines is 3. The molecular formula is C74H51N. The molecular weight excluding hydrogens is 903 g/mol. The summed E-state index contributed by atoms with van der Waals surface area (Å²) >= 11 is 0. The molecule has 352 valence electrons. The smallest absolute Gasteiger partial charge is 0.0540 e. The minimum absolute atomic E-state index is 1.06. The van der Waals surface area contributed by atoms with Crippen LogP contribution >= 0.6 is 0 Å². The van der Waals surface area contributed by atoms with E-state index in [1.54, 1.807) is 0 Å².